The zero-order valence-electron chi connectivity index (χ0n) is 19.1. The largest absolute Gasteiger partial charge is 0.490 e. The van der Waals surface area contributed by atoms with E-state index in [-0.39, 0.29) is 23.5 Å². The number of rotatable bonds is 7. The van der Waals surface area contributed by atoms with Crippen molar-refractivity contribution in [2.24, 2.45) is 0 Å². The molecule has 8 heteroatoms. The van der Waals surface area contributed by atoms with Gasteiger partial charge >= 0.3 is 11.3 Å². The van der Waals surface area contributed by atoms with Crippen LogP contribution in [-0.4, -0.2) is 19.0 Å². The van der Waals surface area contributed by atoms with Crippen molar-refractivity contribution in [3.05, 3.63) is 104 Å². The second kappa shape index (κ2) is 9.71. The SMILES string of the molecule is CCOc1cccc2cc(-c3cc(=O)oc4cc(OCC(=O)c5ccc(Cl)cc5)ccc34)c(=O)oc12. The van der Waals surface area contributed by atoms with Crippen LogP contribution in [-0.2, 0) is 0 Å². The van der Waals surface area contributed by atoms with E-state index in [1.807, 2.05) is 6.92 Å². The van der Waals surface area contributed by atoms with Crippen LogP contribution < -0.4 is 20.7 Å². The van der Waals surface area contributed by atoms with Crippen LogP contribution in [0.5, 0.6) is 11.5 Å². The lowest BCUT2D eigenvalue weighted by atomic mass is 10.0. The average Bonchev–Trinajstić information content (AvgIpc) is 2.87. The zero-order valence-corrected chi connectivity index (χ0v) is 19.8. The Kier molecular flexibility index (Phi) is 6.31. The third-order valence-electron chi connectivity index (χ3n) is 5.57. The van der Waals surface area contributed by atoms with Crippen LogP contribution in [0, 0.1) is 0 Å². The number of Topliss-reactive ketones (excluding diaryl/α,β-unsaturated/α-hetero) is 1. The summed E-state index contributed by atoms with van der Waals surface area (Å²) in [6, 6.07) is 19.5. The zero-order chi connectivity index (χ0) is 25.2. The summed E-state index contributed by atoms with van der Waals surface area (Å²) >= 11 is 5.86. The van der Waals surface area contributed by atoms with Gasteiger partial charge in [0.05, 0.1) is 12.2 Å². The summed E-state index contributed by atoms with van der Waals surface area (Å²) in [4.78, 5) is 37.7. The Balaban J connectivity index is 1.50. The lowest BCUT2D eigenvalue weighted by Crippen LogP contribution is -2.11. The Morgan fingerprint density at radius 1 is 0.889 bits per heavy atom. The van der Waals surface area contributed by atoms with Crippen LogP contribution in [0.2, 0.25) is 5.02 Å². The quantitative estimate of drug-likeness (QED) is 0.202. The molecule has 0 atom stereocenters. The maximum atomic E-state index is 12.9. The molecule has 5 aromatic rings. The van der Waals surface area contributed by atoms with Gasteiger partial charge in [-0.2, -0.15) is 0 Å². The maximum absolute atomic E-state index is 12.9. The lowest BCUT2D eigenvalue weighted by molar-refractivity contribution is 0.0921. The number of benzene rings is 3. The Bertz CT molecular complexity index is 1720. The first kappa shape index (κ1) is 23.4. The Morgan fingerprint density at radius 2 is 1.69 bits per heavy atom. The van der Waals surface area contributed by atoms with Gasteiger partial charge in [-0.1, -0.05) is 23.7 Å². The monoisotopic (exact) mass is 502 g/mol. The summed E-state index contributed by atoms with van der Waals surface area (Å²) in [5.74, 6) is 0.560. The van der Waals surface area contributed by atoms with Crippen molar-refractivity contribution in [1.29, 1.82) is 0 Å². The first-order valence-corrected chi connectivity index (χ1v) is 11.5. The fourth-order valence-corrected chi connectivity index (χ4v) is 4.02. The molecule has 0 aliphatic rings. The van der Waals surface area contributed by atoms with E-state index in [1.54, 1.807) is 60.7 Å². The van der Waals surface area contributed by atoms with E-state index in [0.717, 1.165) is 0 Å². The summed E-state index contributed by atoms with van der Waals surface area (Å²) in [6.07, 6.45) is 0. The molecule has 3 aromatic carbocycles. The van der Waals surface area contributed by atoms with Crippen LogP contribution >= 0.6 is 11.6 Å². The third kappa shape index (κ3) is 4.61. The molecule has 0 aliphatic carbocycles. The molecule has 180 valence electrons. The summed E-state index contributed by atoms with van der Waals surface area (Å²) in [5.41, 5.74) is 0.315. The molecule has 0 unspecified atom stereocenters. The minimum Gasteiger partial charge on any atom is -0.490 e. The highest BCUT2D eigenvalue weighted by molar-refractivity contribution is 6.30. The van der Waals surface area contributed by atoms with Gasteiger partial charge in [-0.3, -0.25) is 4.79 Å². The predicted octanol–water partition coefficient (Wildman–Crippen LogP) is 5.88. The molecule has 0 spiro atoms. The number of ketones is 1. The van der Waals surface area contributed by atoms with Gasteiger partial charge in [0.2, 0.25) is 0 Å². The summed E-state index contributed by atoms with van der Waals surface area (Å²) in [7, 11) is 0. The van der Waals surface area contributed by atoms with Crippen LogP contribution in [0.25, 0.3) is 33.1 Å². The molecule has 0 saturated carbocycles. The van der Waals surface area contributed by atoms with Crippen LogP contribution in [0.3, 0.4) is 0 Å². The van der Waals surface area contributed by atoms with Crippen molar-refractivity contribution in [1.82, 2.24) is 0 Å². The predicted molar refractivity (Wildman–Crippen MR) is 136 cm³/mol. The molecule has 36 heavy (non-hydrogen) atoms. The second-order valence-electron chi connectivity index (χ2n) is 7.91. The van der Waals surface area contributed by atoms with Crippen molar-refractivity contribution in [2.75, 3.05) is 13.2 Å². The molecule has 2 aromatic heterocycles. The molecule has 0 bridgehead atoms. The Hall–Kier alpha value is -4.36. The topological polar surface area (TPSA) is 96.0 Å². The Morgan fingerprint density at radius 3 is 2.47 bits per heavy atom. The fourth-order valence-electron chi connectivity index (χ4n) is 3.90. The highest BCUT2D eigenvalue weighted by Gasteiger charge is 2.16. The molecule has 0 amide bonds. The Labute approximate surface area is 209 Å². The van der Waals surface area contributed by atoms with Crippen LogP contribution in [0.4, 0.5) is 0 Å². The van der Waals surface area contributed by atoms with E-state index in [4.69, 9.17) is 29.9 Å². The van der Waals surface area contributed by atoms with E-state index >= 15 is 0 Å². The standard InChI is InChI=1S/C28H19ClO7/c1-2-33-24-5-3-4-17-12-22(28(32)36-27(17)24)21-14-26(31)35-25-13-19(10-11-20(21)25)34-15-23(30)16-6-8-18(29)9-7-16/h3-14H,2,15H2,1H3. The lowest BCUT2D eigenvalue weighted by Gasteiger charge is -2.10. The first-order chi connectivity index (χ1) is 17.4. The second-order valence-corrected chi connectivity index (χ2v) is 8.35. The minimum absolute atomic E-state index is 0.205. The highest BCUT2D eigenvalue weighted by Crippen LogP contribution is 2.32. The van der Waals surface area contributed by atoms with Gasteiger partial charge in [0.1, 0.15) is 11.3 Å². The molecule has 5 rings (SSSR count). The number of para-hydroxylation sites is 1. The van der Waals surface area contributed by atoms with Gasteiger partial charge in [0, 0.05) is 39.1 Å². The van der Waals surface area contributed by atoms with Gasteiger partial charge in [-0.05, 0) is 55.5 Å². The number of hydrogen-bond acceptors (Lipinski definition) is 7. The van der Waals surface area contributed by atoms with Crippen molar-refractivity contribution in [2.45, 2.75) is 6.92 Å². The first-order valence-electron chi connectivity index (χ1n) is 11.1. The smallest absolute Gasteiger partial charge is 0.344 e. The van der Waals surface area contributed by atoms with E-state index < -0.39 is 11.3 Å². The van der Waals surface area contributed by atoms with Crippen molar-refractivity contribution in [3.8, 4) is 22.6 Å². The molecular weight excluding hydrogens is 484 g/mol. The van der Waals surface area contributed by atoms with Gasteiger partial charge in [-0.15, -0.1) is 0 Å². The average molecular weight is 503 g/mol. The van der Waals surface area contributed by atoms with Crippen molar-refractivity contribution < 1.29 is 23.1 Å². The van der Waals surface area contributed by atoms with Crippen molar-refractivity contribution in [3.63, 3.8) is 0 Å². The number of halogens is 1. The number of ether oxygens (including phenoxy) is 2. The summed E-state index contributed by atoms with van der Waals surface area (Å²) < 4.78 is 22.1. The van der Waals surface area contributed by atoms with E-state index in [9.17, 15) is 14.4 Å². The molecule has 0 aliphatic heterocycles. The molecule has 7 nitrogen and oxygen atoms in total. The molecule has 0 saturated heterocycles. The van der Waals surface area contributed by atoms with Gasteiger partial charge < -0.3 is 18.3 Å². The number of hydrogen-bond donors (Lipinski definition) is 0. The van der Waals surface area contributed by atoms with Crippen LogP contribution in [0.15, 0.2) is 91.2 Å². The normalized spacial score (nSPS) is 11.1. The third-order valence-corrected chi connectivity index (χ3v) is 5.82. The maximum Gasteiger partial charge on any atom is 0.344 e. The summed E-state index contributed by atoms with van der Waals surface area (Å²) in [5, 5.41) is 1.69. The fraction of sp³-hybridized carbons (Fsp3) is 0.107. The number of carbonyl (C=O) groups is 1. The van der Waals surface area contributed by atoms with E-state index in [1.165, 1.54) is 12.1 Å². The molecular formula is C28H19ClO7. The highest BCUT2D eigenvalue weighted by atomic mass is 35.5. The minimum atomic E-state index is -0.644. The number of carbonyl (C=O) groups excluding carboxylic acids is 1. The molecule has 0 radical (unpaired) electrons. The molecule has 0 N–H and O–H groups in total. The number of fused-ring (bicyclic) bond motifs is 2. The van der Waals surface area contributed by atoms with Gasteiger partial charge in [0.25, 0.3) is 0 Å². The molecule has 2 heterocycles. The van der Waals surface area contributed by atoms with Gasteiger partial charge in [0.15, 0.2) is 23.7 Å². The van der Waals surface area contributed by atoms with E-state index in [2.05, 4.69) is 0 Å². The van der Waals surface area contributed by atoms with E-state index in [0.29, 0.717) is 50.6 Å². The van der Waals surface area contributed by atoms with Crippen molar-refractivity contribution >= 4 is 39.3 Å². The van der Waals surface area contributed by atoms with Crippen LogP contribution in [0.1, 0.15) is 17.3 Å². The summed E-state index contributed by atoms with van der Waals surface area (Å²) in [6.45, 7) is 2.05. The molecule has 0 fully saturated rings. The van der Waals surface area contributed by atoms with Gasteiger partial charge in [-0.25, -0.2) is 9.59 Å².